The second-order valence-corrected chi connectivity index (χ2v) is 11.2. The second kappa shape index (κ2) is 5.23. The Bertz CT molecular complexity index is 596. The van der Waals surface area contributed by atoms with Crippen molar-refractivity contribution in [2.24, 2.45) is 34.0 Å². The average Bonchev–Trinajstić information content (AvgIpc) is 2.91. The molecule has 142 valence electrons. The first-order valence-electron chi connectivity index (χ1n) is 9.63. The summed E-state index contributed by atoms with van der Waals surface area (Å²) in [6.45, 7) is 16.8. The minimum absolute atomic E-state index is 0.0190. The van der Waals surface area contributed by atoms with Gasteiger partial charge in [0, 0.05) is 11.8 Å². The molecule has 4 fully saturated rings. The number of ether oxygens (including phenoxy) is 2. The maximum absolute atomic E-state index is 13.4. The second-order valence-electron chi connectivity index (χ2n) is 11.2. The Kier molecular flexibility index (Phi) is 3.92. The van der Waals surface area contributed by atoms with E-state index in [4.69, 9.17) is 9.47 Å². The number of carbonyl (C=O) groups excluding carboxylic acids is 2. The zero-order valence-corrected chi connectivity index (χ0v) is 17.1. The topological polar surface area (TPSA) is 52.6 Å². The first-order valence-corrected chi connectivity index (χ1v) is 9.63. The Morgan fingerprint density at radius 2 is 1.76 bits per heavy atom. The molecule has 0 aromatic rings. The van der Waals surface area contributed by atoms with Crippen LogP contribution in [0.4, 0.5) is 0 Å². The van der Waals surface area contributed by atoms with Crippen LogP contribution in [0, 0.1) is 34.0 Å². The Morgan fingerprint density at radius 3 is 2.24 bits per heavy atom. The van der Waals surface area contributed by atoms with Crippen molar-refractivity contribution < 1.29 is 19.1 Å². The number of fused-ring (bicyclic) bond motifs is 1. The van der Waals surface area contributed by atoms with Crippen LogP contribution in [0.2, 0.25) is 0 Å². The zero-order valence-electron chi connectivity index (χ0n) is 17.1. The van der Waals surface area contributed by atoms with Crippen molar-refractivity contribution in [1.82, 2.24) is 0 Å². The lowest BCUT2D eigenvalue weighted by Crippen LogP contribution is -2.60. The fourth-order valence-electron chi connectivity index (χ4n) is 5.39. The molecule has 4 bridgehead atoms. The molecule has 2 saturated heterocycles. The number of hydrogen-bond acceptors (Lipinski definition) is 4. The van der Waals surface area contributed by atoms with Crippen LogP contribution < -0.4 is 0 Å². The summed E-state index contributed by atoms with van der Waals surface area (Å²) in [4.78, 5) is 25.5. The highest BCUT2D eigenvalue weighted by molar-refractivity contribution is 5.80. The van der Waals surface area contributed by atoms with Gasteiger partial charge in [0.15, 0.2) is 0 Å². The highest BCUT2D eigenvalue weighted by Gasteiger charge is 2.70. The van der Waals surface area contributed by atoms with Crippen LogP contribution in [-0.2, 0) is 19.1 Å². The van der Waals surface area contributed by atoms with Crippen LogP contribution in [0.3, 0.4) is 0 Å². The van der Waals surface area contributed by atoms with Gasteiger partial charge in [0.25, 0.3) is 0 Å². The van der Waals surface area contributed by atoms with Crippen molar-refractivity contribution in [2.45, 2.75) is 86.4 Å². The zero-order chi connectivity index (χ0) is 19.0. The Labute approximate surface area is 152 Å². The molecule has 2 aliphatic carbocycles. The number of rotatable bonds is 3. The van der Waals surface area contributed by atoms with E-state index in [9.17, 15) is 9.59 Å². The molecule has 2 heterocycles. The van der Waals surface area contributed by atoms with Gasteiger partial charge in [0.05, 0.1) is 11.3 Å². The standard InChI is InChI=1S/C21H34O4/c1-18(2,3)11-20(7,19(4,5)6)17(23)24-15-13-9-12-10-14(13)16(22)25-21(12,15)8/h12-15H,9-11H2,1-8H3. The van der Waals surface area contributed by atoms with E-state index in [1.165, 1.54) is 0 Å². The predicted molar refractivity (Wildman–Crippen MR) is 95.7 cm³/mol. The fourth-order valence-corrected chi connectivity index (χ4v) is 5.39. The van der Waals surface area contributed by atoms with Crippen molar-refractivity contribution in [3.8, 4) is 0 Å². The number of esters is 2. The van der Waals surface area contributed by atoms with E-state index < -0.39 is 11.0 Å². The van der Waals surface area contributed by atoms with Gasteiger partial charge < -0.3 is 9.47 Å². The number of carbonyl (C=O) groups is 2. The van der Waals surface area contributed by atoms with Crippen LogP contribution in [0.1, 0.15) is 74.7 Å². The molecule has 0 aromatic carbocycles. The molecule has 6 atom stereocenters. The van der Waals surface area contributed by atoms with E-state index >= 15 is 0 Å². The van der Waals surface area contributed by atoms with Gasteiger partial charge in [-0.1, -0.05) is 41.5 Å². The predicted octanol–water partition coefficient (Wildman–Crippen LogP) is 4.36. The molecule has 0 radical (unpaired) electrons. The molecule has 4 rings (SSSR count). The molecule has 6 unspecified atom stereocenters. The minimum Gasteiger partial charge on any atom is -0.457 e. The summed E-state index contributed by atoms with van der Waals surface area (Å²) in [5.41, 5.74) is -1.42. The van der Waals surface area contributed by atoms with Crippen molar-refractivity contribution in [3.63, 3.8) is 0 Å². The summed E-state index contributed by atoms with van der Waals surface area (Å²) < 4.78 is 11.9. The van der Waals surface area contributed by atoms with Gasteiger partial charge in [-0.25, -0.2) is 0 Å². The van der Waals surface area contributed by atoms with Gasteiger partial charge in [-0.2, -0.15) is 0 Å². The van der Waals surface area contributed by atoms with Gasteiger partial charge in [0.1, 0.15) is 11.7 Å². The molecule has 0 spiro atoms. The lowest BCUT2D eigenvalue weighted by atomic mass is 9.61. The molecule has 2 aliphatic heterocycles. The Morgan fingerprint density at radius 1 is 1.16 bits per heavy atom. The average molecular weight is 350 g/mol. The van der Waals surface area contributed by atoms with E-state index in [0.717, 1.165) is 19.3 Å². The largest absolute Gasteiger partial charge is 0.457 e. The molecular weight excluding hydrogens is 316 g/mol. The monoisotopic (exact) mass is 350 g/mol. The summed E-state index contributed by atoms with van der Waals surface area (Å²) in [7, 11) is 0. The highest BCUT2D eigenvalue weighted by atomic mass is 16.6. The number of hydrogen-bond donors (Lipinski definition) is 0. The smallest absolute Gasteiger partial charge is 0.312 e. The molecular formula is C21H34O4. The third kappa shape index (κ3) is 2.71. The molecule has 0 aromatic heterocycles. The van der Waals surface area contributed by atoms with Gasteiger partial charge in [0.2, 0.25) is 0 Å². The van der Waals surface area contributed by atoms with E-state index in [1.807, 2.05) is 13.8 Å². The molecule has 25 heavy (non-hydrogen) atoms. The first-order chi connectivity index (χ1) is 11.2. The third-order valence-corrected chi connectivity index (χ3v) is 7.22. The van der Waals surface area contributed by atoms with Crippen molar-refractivity contribution in [3.05, 3.63) is 0 Å². The molecule has 0 N–H and O–H groups in total. The van der Waals surface area contributed by atoms with E-state index in [1.54, 1.807) is 0 Å². The van der Waals surface area contributed by atoms with Gasteiger partial charge in [-0.3, -0.25) is 9.59 Å². The molecule has 4 heteroatoms. The van der Waals surface area contributed by atoms with Gasteiger partial charge in [-0.05, 0) is 43.9 Å². The lowest BCUT2D eigenvalue weighted by Gasteiger charge is -2.49. The van der Waals surface area contributed by atoms with Crippen molar-refractivity contribution >= 4 is 11.9 Å². The van der Waals surface area contributed by atoms with Gasteiger partial charge >= 0.3 is 11.9 Å². The minimum atomic E-state index is -0.632. The van der Waals surface area contributed by atoms with Crippen LogP contribution >= 0.6 is 0 Å². The van der Waals surface area contributed by atoms with Gasteiger partial charge in [-0.15, -0.1) is 0 Å². The summed E-state index contributed by atoms with van der Waals surface area (Å²) in [5, 5.41) is 0. The van der Waals surface area contributed by atoms with E-state index in [2.05, 4.69) is 41.5 Å². The van der Waals surface area contributed by atoms with E-state index in [0.29, 0.717) is 5.92 Å². The third-order valence-electron chi connectivity index (χ3n) is 7.22. The normalized spacial score (nSPS) is 39.3. The SMILES string of the molecule is CC(C)(C)CC(C)(C(=O)OC1C2CC3CC2C(=O)OC31C)C(C)(C)C. The van der Waals surface area contributed by atoms with Crippen LogP contribution in [0.25, 0.3) is 0 Å². The summed E-state index contributed by atoms with van der Waals surface area (Å²) in [6.07, 6.45) is 2.30. The van der Waals surface area contributed by atoms with Crippen molar-refractivity contribution in [1.29, 1.82) is 0 Å². The highest BCUT2D eigenvalue weighted by Crippen LogP contribution is 2.61. The molecule has 0 amide bonds. The summed E-state index contributed by atoms with van der Waals surface area (Å²) in [6, 6.07) is 0. The van der Waals surface area contributed by atoms with Crippen LogP contribution in [-0.4, -0.2) is 23.6 Å². The summed E-state index contributed by atoms with van der Waals surface area (Å²) in [5.74, 6) is 0.158. The Hall–Kier alpha value is -1.06. The maximum Gasteiger partial charge on any atom is 0.312 e. The molecule has 4 aliphatic rings. The van der Waals surface area contributed by atoms with E-state index in [-0.39, 0.29) is 40.7 Å². The molecule has 2 saturated carbocycles. The Balaban J connectivity index is 1.85. The fraction of sp³-hybridized carbons (Fsp3) is 0.905. The first kappa shape index (κ1) is 18.7. The maximum atomic E-state index is 13.4. The quantitative estimate of drug-likeness (QED) is 0.710. The molecule has 4 nitrogen and oxygen atoms in total. The summed E-state index contributed by atoms with van der Waals surface area (Å²) >= 11 is 0. The van der Waals surface area contributed by atoms with Crippen LogP contribution in [0.15, 0.2) is 0 Å². The van der Waals surface area contributed by atoms with Crippen LogP contribution in [0.5, 0.6) is 0 Å². The lowest BCUT2D eigenvalue weighted by molar-refractivity contribution is -0.227. The van der Waals surface area contributed by atoms with Crippen molar-refractivity contribution in [2.75, 3.05) is 0 Å².